The van der Waals surface area contributed by atoms with Gasteiger partial charge in [-0.25, -0.2) is 0 Å². The molecule has 0 aromatic heterocycles. The predicted octanol–water partition coefficient (Wildman–Crippen LogP) is 12.9. The third-order valence-electron chi connectivity index (χ3n) is 10.1. The van der Waals surface area contributed by atoms with Gasteiger partial charge in [0.15, 0.2) is 0 Å². The second-order valence-corrected chi connectivity index (χ2v) is 14.8. The number of carbonyl (C=O) groups excluding carboxylic acids is 1. The maximum absolute atomic E-state index is 12.4. The Morgan fingerprint density at radius 3 is 0.978 bits per heavy atom. The maximum Gasteiger partial charge on any atom is 0.220 e. The van der Waals surface area contributed by atoms with Crippen molar-refractivity contribution in [3.63, 3.8) is 0 Å². The summed E-state index contributed by atoms with van der Waals surface area (Å²) in [5, 5.41) is 23.1. The van der Waals surface area contributed by atoms with Gasteiger partial charge in [-0.3, -0.25) is 4.79 Å². The van der Waals surface area contributed by atoms with Crippen molar-refractivity contribution >= 4 is 5.91 Å². The number of hydrogen-bond acceptors (Lipinski definition) is 3. The number of carbonyl (C=O) groups is 1. The van der Waals surface area contributed by atoms with Crippen LogP contribution in [0.3, 0.4) is 0 Å². The second kappa shape index (κ2) is 38.8. The van der Waals surface area contributed by atoms with Gasteiger partial charge in [-0.2, -0.15) is 0 Å². The number of rotatable bonds is 39. The highest BCUT2D eigenvalue weighted by Gasteiger charge is 2.20. The first-order chi connectivity index (χ1) is 22.7. The number of nitrogens with one attached hydrogen (secondary N) is 1. The summed E-state index contributed by atoms with van der Waals surface area (Å²) in [7, 11) is 0. The van der Waals surface area contributed by atoms with Crippen molar-refractivity contribution in [3.05, 3.63) is 0 Å². The van der Waals surface area contributed by atoms with Crippen LogP contribution in [0, 0.1) is 0 Å². The highest BCUT2D eigenvalue weighted by molar-refractivity contribution is 5.76. The van der Waals surface area contributed by atoms with Crippen molar-refractivity contribution < 1.29 is 15.0 Å². The molecule has 0 aliphatic carbocycles. The minimum atomic E-state index is -0.651. The molecular weight excluding hydrogens is 566 g/mol. The Morgan fingerprint density at radius 1 is 0.435 bits per heavy atom. The van der Waals surface area contributed by atoms with E-state index in [0.29, 0.717) is 12.8 Å². The van der Waals surface area contributed by atoms with Crippen LogP contribution in [0.25, 0.3) is 0 Å². The molecule has 0 aromatic carbocycles. The third kappa shape index (κ3) is 34.7. The summed E-state index contributed by atoms with van der Waals surface area (Å²) in [6, 6.07) is -0.528. The van der Waals surface area contributed by atoms with E-state index >= 15 is 0 Å². The van der Waals surface area contributed by atoms with E-state index in [1.807, 2.05) is 0 Å². The fraction of sp³-hybridized carbons (Fsp3) is 0.976. The van der Waals surface area contributed by atoms with Gasteiger partial charge in [0, 0.05) is 6.42 Å². The Labute approximate surface area is 289 Å². The largest absolute Gasteiger partial charge is 0.394 e. The number of aliphatic hydroxyl groups is 2. The SMILES string of the molecule is CCCCCCCCCCCCCCCCCCCCCCCCCC(=O)NC(CO)C(O)CCCCCCCCCCCCC. The molecule has 46 heavy (non-hydrogen) atoms. The summed E-state index contributed by atoms with van der Waals surface area (Å²) >= 11 is 0. The van der Waals surface area contributed by atoms with Gasteiger partial charge >= 0.3 is 0 Å². The van der Waals surface area contributed by atoms with Crippen molar-refractivity contribution in [2.75, 3.05) is 6.61 Å². The molecule has 4 nitrogen and oxygen atoms in total. The molecule has 0 aromatic rings. The van der Waals surface area contributed by atoms with E-state index in [-0.39, 0.29) is 12.5 Å². The molecule has 3 N–H and O–H groups in total. The third-order valence-corrected chi connectivity index (χ3v) is 10.1. The molecular formula is C42H85NO3. The Morgan fingerprint density at radius 2 is 0.696 bits per heavy atom. The average Bonchev–Trinajstić information content (AvgIpc) is 3.06. The lowest BCUT2D eigenvalue weighted by atomic mass is 10.0. The van der Waals surface area contributed by atoms with Gasteiger partial charge in [-0.1, -0.05) is 226 Å². The molecule has 276 valence electrons. The van der Waals surface area contributed by atoms with Crippen LogP contribution in [0.5, 0.6) is 0 Å². The summed E-state index contributed by atoms with van der Waals surface area (Å²) in [5.41, 5.74) is 0. The van der Waals surface area contributed by atoms with Crippen LogP contribution in [0.1, 0.15) is 245 Å². The predicted molar refractivity (Wildman–Crippen MR) is 203 cm³/mol. The lowest BCUT2D eigenvalue weighted by molar-refractivity contribution is -0.123. The van der Waals surface area contributed by atoms with Gasteiger partial charge in [0.2, 0.25) is 5.91 Å². The number of amides is 1. The van der Waals surface area contributed by atoms with E-state index in [4.69, 9.17) is 0 Å². The molecule has 2 atom stereocenters. The molecule has 0 heterocycles. The van der Waals surface area contributed by atoms with Crippen molar-refractivity contribution in [3.8, 4) is 0 Å². The van der Waals surface area contributed by atoms with Gasteiger partial charge in [-0.05, 0) is 12.8 Å². The van der Waals surface area contributed by atoms with E-state index in [2.05, 4.69) is 19.2 Å². The molecule has 0 rings (SSSR count). The summed E-state index contributed by atoms with van der Waals surface area (Å²) in [6.07, 6.45) is 46.1. The minimum Gasteiger partial charge on any atom is -0.394 e. The van der Waals surface area contributed by atoms with Gasteiger partial charge in [0.25, 0.3) is 0 Å². The van der Waals surface area contributed by atoms with Crippen molar-refractivity contribution in [1.82, 2.24) is 5.32 Å². The van der Waals surface area contributed by atoms with Crippen molar-refractivity contribution in [2.24, 2.45) is 0 Å². The standard InChI is InChI=1S/C42H85NO3/c1-3-5-7-9-11-13-15-16-17-18-19-20-21-22-23-24-25-26-28-30-32-34-36-38-42(46)43-40(39-44)41(45)37-35-33-31-29-27-14-12-10-8-6-4-2/h40-41,44-45H,3-39H2,1-2H3,(H,43,46). The molecule has 2 unspecified atom stereocenters. The monoisotopic (exact) mass is 652 g/mol. The molecule has 0 saturated carbocycles. The molecule has 0 aliphatic heterocycles. The number of unbranched alkanes of at least 4 members (excludes halogenated alkanes) is 32. The highest BCUT2D eigenvalue weighted by atomic mass is 16.3. The zero-order valence-electron chi connectivity index (χ0n) is 31.6. The molecule has 0 radical (unpaired) electrons. The number of hydrogen-bond donors (Lipinski definition) is 3. The normalized spacial score (nSPS) is 12.9. The fourth-order valence-corrected chi connectivity index (χ4v) is 6.83. The lowest BCUT2D eigenvalue weighted by Gasteiger charge is -2.22. The molecule has 0 fully saturated rings. The average molecular weight is 652 g/mol. The van der Waals surface area contributed by atoms with Crippen LogP contribution in [0.2, 0.25) is 0 Å². The van der Waals surface area contributed by atoms with E-state index in [9.17, 15) is 15.0 Å². The van der Waals surface area contributed by atoms with Crippen LogP contribution >= 0.6 is 0 Å². The quantitative estimate of drug-likeness (QED) is 0.0579. The summed E-state index contributed by atoms with van der Waals surface area (Å²) in [4.78, 5) is 12.4. The lowest BCUT2D eigenvalue weighted by Crippen LogP contribution is -2.45. The highest BCUT2D eigenvalue weighted by Crippen LogP contribution is 2.17. The summed E-state index contributed by atoms with van der Waals surface area (Å²) in [5.74, 6) is -0.0273. The smallest absolute Gasteiger partial charge is 0.220 e. The van der Waals surface area contributed by atoms with E-state index in [1.165, 1.54) is 193 Å². The molecule has 0 saturated heterocycles. The first-order valence-corrected chi connectivity index (χ1v) is 21.2. The first-order valence-electron chi connectivity index (χ1n) is 21.2. The van der Waals surface area contributed by atoms with Gasteiger partial charge < -0.3 is 15.5 Å². The van der Waals surface area contributed by atoms with E-state index in [1.54, 1.807) is 0 Å². The van der Waals surface area contributed by atoms with Gasteiger partial charge in [0.05, 0.1) is 18.8 Å². The Bertz CT molecular complexity index is 583. The van der Waals surface area contributed by atoms with E-state index in [0.717, 1.165) is 25.7 Å². The topological polar surface area (TPSA) is 69.6 Å². The van der Waals surface area contributed by atoms with Gasteiger partial charge in [-0.15, -0.1) is 0 Å². The molecule has 4 heteroatoms. The molecule has 0 spiro atoms. The van der Waals surface area contributed by atoms with Crippen LogP contribution in [0.4, 0.5) is 0 Å². The zero-order chi connectivity index (χ0) is 33.6. The molecule has 1 amide bonds. The Balaban J connectivity index is 3.42. The van der Waals surface area contributed by atoms with Crippen molar-refractivity contribution in [2.45, 2.75) is 257 Å². The van der Waals surface area contributed by atoms with Gasteiger partial charge in [0.1, 0.15) is 0 Å². The minimum absolute atomic E-state index is 0.0273. The van der Waals surface area contributed by atoms with Crippen molar-refractivity contribution in [1.29, 1.82) is 0 Å². The molecule has 0 bridgehead atoms. The fourth-order valence-electron chi connectivity index (χ4n) is 6.83. The Hall–Kier alpha value is -0.610. The Kier molecular flexibility index (Phi) is 38.3. The summed E-state index contributed by atoms with van der Waals surface area (Å²) in [6.45, 7) is 4.37. The number of aliphatic hydroxyl groups excluding tert-OH is 2. The van der Waals surface area contributed by atoms with E-state index < -0.39 is 12.1 Å². The zero-order valence-corrected chi connectivity index (χ0v) is 31.6. The van der Waals surface area contributed by atoms with Crippen LogP contribution in [-0.2, 0) is 4.79 Å². The second-order valence-electron chi connectivity index (χ2n) is 14.8. The maximum atomic E-state index is 12.4. The van der Waals surface area contributed by atoms with Crippen LogP contribution in [-0.4, -0.2) is 34.9 Å². The summed E-state index contributed by atoms with van der Waals surface area (Å²) < 4.78 is 0. The molecule has 0 aliphatic rings. The van der Waals surface area contributed by atoms with Crippen LogP contribution in [0.15, 0.2) is 0 Å². The van der Waals surface area contributed by atoms with Crippen LogP contribution < -0.4 is 5.32 Å². The first kappa shape index (κ1) is 45.4.